The Morgan fingerprint density at radius 3 is 2.29 bits per heavy atom. The average molecular weight is 479 g/mol. The highest BCUT2D eigenvalue weighted by Crippen LogP contribution is 2.45. The van der Waals surface area contributed by atoms with Gasteiger partial charge in [-0.25, -0.2) is 0 Å². The molecule has 0 spiro atoms. The molecule has 188 valence electrons. The molecule has 4 atom stereocenters. The van der Waals surface area contributed by atoms with Gasteiger partial charge in [0.15, 0.2) is 5.78 Å². The number of nitrogens with zero attached hydrogens (tertiary/aromatic N) is 2. The molecule has 1 saturated carbocycles. The first kappa shape index (κ1) is 25.8. The van der Waals surface area contributed by atoms with Crippen LogP contribution < -0.4 is 11.3 Å². The largest absolute Gasteiger partial charge is 0.514 e. The van der Waals surface area contributed by atoms with Gasteiger partial charge in [0.25, 0.3) is 0 Å². The molecule has 3 heterocycles. The number of hydrogen-bond donors (Lipinski definition) is 2. The lowest BCUT2D eigenvalue weighted by atomic mass is 9.65. The normalized spacial score (nSPS) is 29.8. The summed E-state index contributed by atoms with van der Waals surface area (Å²) < 4.78 is 12.2. The summed E-state index contributed by atoms with van der Waals surface area (Å²) in [6, 6.07) is 5.45. The maximum atomic E-state index is 13.4. The maximum Gasteiger partial charge on any atom is 0.514 e. The van der Waals surface area contributed by atoms with Crippen LogP contribution >= 0.6 is 0 Å². The summed E-state index contributed by atoms with van der Waals surface area (Å²) in [4.78, 5) is 22.3. The minimum Gasteiger partial charge on any atom is -0.398 e. The quantitative estimate of drug-likeness (QED) is 0.498. The van der Waals surface area contributed by atoms with Crippen LogP contribution in [-0.2, 0) is 15.7 Å². The number of hydrogen-bond acceptors (Lipinski definition) is 7. The molecule has 3 N–H and O–H groups in total. The number of nitrogen functional groups attached to an aromatic ring is 1. The van der Waals surface area contributed by atoms with Crippen molar-refractivity contribution in [2.24, 2.45) is 11.8 Å². The van der Waals surface area contributed by atoms with Crippen molar-refractivity contribution >= 4 is 24.2 Å². The Labute approximate surface area is 209 Å². The number of carbonyl (C=O) groups is 1. The van der Waals surface area contributed by atoms with Gasteiger partial charge in [0.2, 0.25) is 0 Å². The molecule has 2 aromatic rings. The SMILES string of the molecule is C[C@@H]1CC(c2ccncc2CC(=O)c2nc(B3OC(C)(C)C(C)(C)O3)ccc2N)C[C@H](C)C1(C)O. The first-order chi connectivity index (χ1) is 16.2. The van der Waals surface area contributed by atoms with Crippen molar-refractivity contribution in [2.75, 3.05) is 5.73 Å². The minimum atomic E-state index is -0.689. The van der Waals surface area contributed by atoms with Crippen LogP contribution in [0.1, 0.15) is 88.8 Å². The van der Waals surface area contributed by atoms with Crippen molar-refractivity contribution in [1.82, 2.24) is 9.97 Å². The molecule has 8 heteroatoms. The molecular weight excluding hydrogens is 441 g/mol. The second-order valence-electron chi connectivity index (χ2n) is 11.6. The third-order valence-corrected chi connectivity index (χ3v) is 8.71. The van der Waals surface area contributed by atoms with Crippen LogP contribution in [0.25, 0.3) is 0 Å². The van der Waals surface area contributed by atoms with Gasteiger partial charge in [-0.3, -0.25) is 14.8 Å². The molecule has 35 heavy (non-hydrogen) atoms. The van der Waals surface area contributed by atoms with E-state index in [2.05, 4.69) is 23.8 Å². The molecule has 1 aliphatic carbocycles. The van der Waals surface area contributed by atoms with E-state index in [1.165, 1.54) is 0 Å². The van der Waals surface area contributed by atoms with Crippen molar-refractivity contribution < 1.29 is 19.2 Å². The van der Waals surface area contributed by atoms with Crippen molar-refractivity contribution in [2.45, 2.75) is 90.4 Å². The topological polar surface area (TPSA) is 108 Å². The zero-order valence-electron chi connectivity index (χ0n) is 22.0. The smallest absolute Gasteiger partial charge is 0.398 e. The molecule has 7 nitrogen and oxygen atoms in total. The van der Waals surface area contributed by atoms with Gasteiger partial charge < -0.3 is 20.1 Å². The first-order valence-electron chi connectivity index (χ1n) is 12.5. The number of aromatic nitrogens is 2. The summed E-state index contributed by atoms with van der Waals surface area (Å²) in [6.07, 6.45) is 5.42. The van der Waals surface area contributed by atoms with E-state index in [1.807, 2.05) is 40.7 Å². The highest BCUT2D eigenvalue weighted by atomic mass is 16.7. The molecule has 0 aromatic carbocycles. The summed E-state index contributed by atoms with van der Waals surface area (Å²) in [7, 11) is -0.667. The van der Waals surface area contributed by atoms with E-state index in [0.717, 1.165) is 24.0 Å². The fourth-order valence-electron chi connectivity index (χ4n) is 5.21. The van der Waals surface area contributed by atoms with E-state index in [-0.39, 0.29) is 35.7 Å². The Morgan fingerprint density at radius 2 is 1.69 bits per heavy atom. The Hall–Kier alpha value is -2.29. The Bertz CT molecular complexity index is 1090. The first-order valence-corrected chi connectivity index (χ1v) is 12.5. The van der Waals surface area contributed by atoms with Gasteiger partial charge in [-0.1, -0.05) is 13.8 Å². The Balaban J connectivity index is 1.57. The summed E-state index contributed by atoms with van der Waals surface area (Å²) >= 11 is 0. The van der Waals surface area contributed by atoms with Crippen LogP contribution in [0.3, 0.4) is 0 Å². The number of Topliss-reactive ketones (excluding diaryl/α,β-unsaturated/α-hetero) is 1. The third-order valence-electron chi connectivity index (χ3n) is 8.71. The highest BCUT2D eigenvalue weighted by Gasteiger charge is 2.52. The number of pyridine rings is 2. The second kappa shape index (κ2) is 8.98. The van der Waals surface area contributed by atoms with Gasteiger partial charge in [-0.05, 0) is 94.5 Å². The predicted molar refractivity (Wildman–Crippen MR) is 138 cm³/mol. The van der Waals surface area contributed by atoms with E-state index < -0.39 is 23.9 Å². The van der Waals surface area contributed by atoms with E-state index in [1.54, 1.807) is 24.5 Å². The van der Waals surface area contributed by atoms with Gasteiger partial charge in [-0.2, -0.15) is 0 Å². The number of rotatable bonds is 5. The monoisotopic (exact) mass is 479 g/mol. The Kier molecular flexibility index (Phi) is 6.62. The molecule has 0 bridgehead atoms. The minimum absolute atomic E-state index is 0.155. The molecule has 2 aliphatic rings. The predicted octanol–water partition coefficient (Wildman–Crippen LogP) is 3.68. The lowest BCUT2D eigenvalue weighted by molar-refractivity contribution is -0.0720. The zero-order chi connectivity index (χ0) is 25.8. The van der Waals surface area contributed by atoms with Crippen molar-refractivity contribution in [3.63, 3.8) is 0 Å². The molecule has 1 aliphatic heterocycles. The van der Waals surface area contributed by atoms with E-state index in [0.29, 0.717) is 11.3 Å². The molecule has 0 amide bonds. The molecule has 4 rings (SSSR count). The Morgan fingerprint density at radius 1 is 1.09 bits per heavy atom. The standard InChI is InChI=1S/C27H38BN3O4/c1-16-12-18(13-17(2)27(16,7)33)20-10-11-30-15-19(20)14-22(32)24-21(29)8-9-23(31-24)28-34-25(3,4)26(5,6)35-28/h8-11,15-18,33H,12-14,29H2,1-7H3/t16-,17+,18?,27?. The summed E-state index contributed by atoms with van der Waals surface area (Å²) in [5.74, 6) is 0.398. The molecule has 2 unspecified atom stereocenters. The second-order valence-corrected chi connectivity index (χ2v) is 11.6. The van der Waals surface area contributed by atoms with Gasteiger partial charge in [0.05, 0.1) is 28.1 Å². The van der Waals surface area contributed by atoms with Crippen LogP contribution in [0.5, 0.6) is 0 Å². The van der Waals surface area contributed by atoms with E-state index in [4.69, 9.17) is 15.0 Å². The fourth-order valence-corrected chi connectivity index (χ4v) is 5.21. The van der Waals surface area contributed by atoms with E-state index >= 15 is 0 Å². The number of carbonyl (C=O) groups excluding carboxylic acids is 1. The molecule has 0 radical (unpaired) electrons. The van der Waals surface area contributed by atoms with Gasteiger partial charge in [-0.15, -0.1) is 0 Å². The van der Waals surface area contributed by atoms with Crippen LogP contribution in [-0.4, -0.2) is 44.8 Å². The van der Waals surface area contributed by atoms with Crippen molar-refractivity contribution in [3.8, 4) is 0 Å². The van der Waals surface area contributed by atoms with Crippen LogP contribution in [0.2, 0.25) is 0 Å². The molecule has 2 fully saturated rings. The number of anilines is 1. The van der Waals surface area contributed by atoms with Gasteiger partial charge in [0, 0.05) is 18.8 Å². The van der Waals surface area contributed by atoms with Crippen LogP contribution in [0, 0.1) is 11.8 Å². The summed E-state index contributed by atoms with van der Waals surface area (Å²) in [6.45, 7) is 14.0. The molecule has 2 aromatic heterocycles. The summed E-state index contributed by atoms with van der Waals surface area (Å²) in [5, 5.41) is 10.8. The van der Waals surface area contributed by atoms with Crippen LogP contribution in [0.4, 0.5) is 5.69 Å². The highest BCUT2D eigenvalue weighted by molar-refractivity contribution is 6.61. The third kappa shape index (κ3) is 4.76. The maximum absolute atomic E-state index is 13.4. The van der Waals surface area contributed by atoms with Gasteiger partial charge in [0.1, 0.15) is 5.69 Å². The molecular formula is C27H38BN3O4. The number of ketones is 1. The van der Waals surface area contributed by atoms with Crippen molar-refractivity contribution in [3.05, 3.63) is 47.4 Å². The fraction of sp³-hybridized carbons (Fsp3) is 0.593. The zero-order valence-corrected chi connectivity index (χ0v) is 22.0. The lowest BCUT2D eigenvalue weighted by Gasteiger charge is -2.44. The average Bonchev–Trinajstić information content (AvgIpc) is 2.99. The van der Waals surface area contributed by atoms with Gasteiger partial charge >= 0.3 is 7.12 Å². The summed E-state index contributed by atoms with van der Waals surface area (Å²) in [5.41, 5.74) is 7.57. The number of aliphatic hydroxyl groups is 1. The number of nitrogens with two attached hydrogens (primary N) is 1. The molecule has 1 saturated heterocycles. The lowest BCUT2D eigenvalue weighted by Crippen LogP contribution is -2.44. The van der Waals surface area contributed by atoms with E-state index in [9.17, 15) is 9.90 Å². The van der Waals surface area contributed by atoms with Crippen LogP contribution in [0.15, 0.2) is 30.6 Å². The van der Waals surface area contributed by atoms with Crippen molar-refractivity contribution in [1.29, 1.82) is 0 Å².